The second-order valence-electron chi connectivity index (χ2n) is 5.43. The van der Waals surface area contributed by atoms with E-state index in [0.717, 1.165) is 19.5 Å². The Morgan fingerprint density at radius 1 is 1.39 bits per heavy atom. The van der Waals surface area contributed by atoms with Crippen molar-refractivity contribution in [2.24, 2.45) is 11.8 Å². The Balaban J connectivity index is 2.42. The molecule has 0 radical (unpaired) electrons. The smallest absolute Gasteiger partial charge is 0.242 e. The number of amides is 2. The summed E-state index contributed by atoms with van der Waals surface area (Å²) in [5, 5.41) is 8.69. The molecule has 1 saturated heterocycles. The lowest BCUT2D eigenvalue weighted by Crippen LogP contribution is -2.46. The molecule has 0 saturated carbocycles. The van der Waals surface area contributed by atoms with Gasteiger partial charge >= 0.3 is 0 Å². The third kappa shape index (κ3) is 5.04. The first-order valence-corrected chi connectivity index (χ1v) is 6.74. The summed E-state index contributed by atoms with van der Waals surface area (Å²) >= 11 is 0. The molecule has 0 aromatic rings. The van der Waals surface area contributed by atoms with Crippen molar-refractivity contribution < 1.29 is 9.59 Å². The average Bonchev–Trinajstić information content (AvgIpc) is 2.79. The maximum atomic E-state index is 11.9. The van der Waals surface area contributed by atoms with Crippen LogP contribution < -0.4 is 16.0 Å². The Kier molecular flexibility index (Phi) is 6.12. The Hall–Kier alpha value is -1.10. The molecule has 2 atom stereocenters. The van der Waals surface area contributed by atoms with Crippen LogP contribution in [0.3, 0.4) is 0 Å². The first-order valence-electron chi connectivity index (χ1n) is 6.74. The molecular weight excluding hydrogens is 230 g/mol. The molecule has 18 heavy (non-hydrogen) atoms. The topological polar surface area (TPSA) is 70.2 Å². The number of carbonyl (C=O) groups excluding carboxylic acids is 2. The minimum absolute atomic E-state index is 0.0158. The number of nitrogens with one attached hydrogen (secondary N) is 3. The Morgan fingerprint density at radius 2 is 2.11 bits per heavy atom. The number of carbonyl (C=O) groups is 2. The highest BCUT2D eigenvalue weighted by atomic mass is 16.2. The first kappa shape index (κ1) is 15.0. The summed E-state index contributed by atoms with van der Waals surface area (Å²) in [6.45, 7) is 5.98. The van der Waals surface area contributed by atoms with Gasteiger partial charge in [-0.3, -0.25) is 9.59 Å². The third-order valence-corrected chi connectivity index (χ3v) is 3.24. The van der Waals surface area contributed by atoms with Crippen molar-refractivity contribution >= 4 is 11.8 Å². The van der Waals surface area contributed by atoms with E-state index < -0.39 is 6.04 Å². The molecule has 5 nitrogen and oxygen atoms in total. The molecule has 0 aliphatic carbocycles. The number of hydrogen-bond donors (Lipinski definition) is 3. The molecule has 1 rings (SSSR count). The van der Waals surface area contributed by atoms with Crippen LogP contribution in [0.1, 0.15) is 33.1 Å². The van der Waals surface area contributed by atoms with Crippen molar-refractivity contribution in [2.45, 2.75) is 39.2 Å². The van der Waals surface area contributed by atoms with E-state index in [1.807, 2.05) is 13.8 Å². The van der Waals surface area contributed by atoms with E-state index in [2.05, 4.69) is 16.0 Å². The van der Waals surface area contributed by atoms with Gasteiger partial charge in [0.05, 0.1) is 0 Å². The van der Waals surface area contributed by atoms with Crippen molar-refractivity contribution in [2.75, 3.05) is 20.1 Å². The second-order valence-corrected chi connectivity index (χ2v) is 5.43. The molecule has 0 aromatic carbocycles. The van der Waals surface area contributed by atoms with Crippen LogP contribution in [0.2, 0.25) is 0 Å². The molecule has 0 aromatic heterocycles. The van der Waals surface area contributed by atoms with Crippen LogP contribution in [0.5, 0.6) is 0 Å². The van der Waals surface area contributed by atoms with Crippen molar-refractivity contribution in [1.29, 1.82) is 0 Å². The van der Waals surface area contributed by atoms with Gasteiger partial charge in [-0.05, 0) is 37.8 Å². The number of hydrogen-bond acceptors (Lipinski definition) is 3. The van der Waals surface area contributed by atoms with Gasteiger partial charge in [-0.1, -0.05) is 13.8 Å². The van der Waals surface area contributed by atoms with Crippen LogP contribution in [0.15, 0.2) is 0 Å². The van der Waals surface area contributed by atoms with Gasteiger partial charge < -0.3 is 16.0 Å². The molecule has 1 heterocycles. The molecule has 104 valence electrons. The summed E-state index contributed by atoms with van der Waals surface area (Å²) in [5.41, 5.74) is 0. The van der Waals surface area contributed by atoms with Gasteiger partial charge in [-0.15, -0.1) is 0 Å². The third-order valence-electron chi connectivity index (χ3n) is 3.24. The molecule has 2 amide bonds. The van der Waals surface area contributed by atoms with Crippen molar-refractivity contribution in [3.05, 3.63) is 0 Å². The van der Waals surface area contributed by atoms with Crippen molar-refractivity contribution in [1.82, 2.24) is 16.0 Å². The fourth-order valence-corrected chi connectivity index (χ4v) is 2.28. The minimum Gasteiger partial charge on any atom is -0.357 e. The van der Waals surface area contributed by atoms with Crippen LogP contribution in [0, 0.1) is 11.8 Å². The Morgan fingerprint density at radius 3 is 2.61 bits per heavy atom. The molecule has 0 bridgehead atoms. The molecule has 5 heteroatoms. The van der Waals surface area contributed by atoms with Gasteiger partial charge in [0.1, 0.15) is 6.04 Å². The molecule has 3 N–H and O–H groups in total. The van der Waals surface area contributed by atoms with Gasteiger partial charge in [0.25, 0.3) is 0 Å². The zero-order valence-electron chi connectivity index (χ0n) is 11.6. The van der Waals surface area contributed by atoms with Crippen molar-refractivity contribution in [3.63, 3.8) is 0 Å². The molecule has 2 unspecified atom stereocenters. The minimum atomic E-state index is -0.406. The number of rotatable bonds is 6. The summed E-state index contributed by atoms with van der Waals surface area (Å²) in [4.78, 5) is 23.6. The number of likely N-dealkylation sites (N-methyl/N-ethyl adjacent to an activating group) is 1. The summed E-state index contributed by atoms with van der Waals surface area (Å²) in [7, 11) is 1.60. The van der Waals surface area contributed by atoms with E-state index >= 15 is 0 Å². The predicted octanol–water partition coefficient (Wildman–Crippen LogP) is 0.263. The average molecular weight is 255 g/mol. The second kappa shape index (κ2) is 7.36. The van der Waals surface area contributed by atoms with E-state index in [1.165, 1.54) is 0 Å². The van der Waals surface area contributed by atoms with Crippen LogP contribution in [0.4, 0.5) is 0 Å². The quantitative estimate of drug-likeness (QED) is 0.638. The van der Waals surface area contributed by atoms with Gasteiger partial charge in [0, 0.05) is 13.5 Å². The SMILES string of the molecule is CNC(=O)C(CC(C)C)NC(=O)CC1CCNC1. The maximum absolute atomic E-state index is 11.9. The van der Waals surface area contributed by atoms with E-state index in [1.54, 1.807) is 7.05 Å². The van der Waals surface area contributed by atoms with E-state index in [9.17, 15) is 9.59 Å². The van der Waals surface area contributed by atoms with Gasteiger partial charge in [0.15, 0.2) is 0 Å². The first-order chi connectivity index (χ1) is 8.52. The maximum Gasteiger partial charge on any atom is 0.242 e. The van der Waals surface area contributed by atoms with Gasteiger partial charge in [0.2, 0.25) is 11.8 Å². The standard InChI is InChI=1S/C13H25N3O2/c1-9(2)6-11(13(18)14-3)16-12(17)7-10-4-5-15-8-10/h9-11,15H,4-8H2,1-3H3,(H,14,18)(H,16,17). The lowest BCUT2D eigenvalue weighted by atomic mass is 10.0. The lowest BCUT2D eigenvalue weighted by Gasteiger charge is -2.20. The lowest BCUT2D eigenvalue weighted by molar-refractivity contribution is -0.129. The van der Waals surface area contributed by atoms with Crippen LogP contribution >= 0.6 is 0 Å². The Bertz CT molecular complexity index is 286. The Labute approximate surface area is 109 Å². The highest BCUT2D eigenvalue weighted by molar-refractivity contribution is 5.87. The van der Waals surface area contributed by atoms with E-state index in [4.69, 9.17) is 0 Å². The summed E-state index contributed by atoms with van der Waals surface area (Å²) in [5.74, 6) is 0.662. The highest BCUT2D eigenvalue weighted by Crippen LogP contribution is 2.12. The van der Waals surface area contributed by atoms with Crippen LogP contribution in [0.25, 0.3) is 0 Å². The van der Waals surface area contributed by atoms with E-state index in [-0.39, 0.29) is 11.8 Å². The summed E-state index contributed by atoms with van der Waals surface area (Å²) < 4.78 is 0. The van der Waals surface area contributed by atoms with Crippen molar-refractivity contribution in [3.8, 4) is 0 Å². The molecule has 1 aliphatic heterocycles. The van der Waals surface area contributed by atoms with Gasteiger partial charge in [-0.25, -0.2) is 0 Å². The molecule has 1 aliphatic rings. The zero-order chi connectivity index (χ0) is 13.5. The fourth-order valence-electron chi connectivity index (χ4n) is 2.28. The predicted molar refractivity (Wildman–Crippen MR) is 71.0 cm³/mol. The van der Waals surface area contributed by atoms with Crippen LogP contribution in [-0.4, -0.2) is 38.0 Å². The highest BCUT2D eigenvalue weighted by Gasteiger charge is 2.23. The van der Waals surface area contributed by atoms with E-state index in [0.29, 0.717) is 24.7 Å². The van der Waals surface area contributed by atoms with Gasteiger partial charge in [-0.2, -0.15) is 0 Å². The zero-order valence-corrected chi connectivity index (χ0v) is 11.6. The fraction of sp³-hybridized carbons (Fsp3) is 0.846. The molecule has 0 spiro atoms. The normalized spacial score (nSPS) is 20.8. The molecular formula is C13H25N3O2. The molecule has 1 fully saturated rings. The largest absolute Gasteiger partial charge is 0.357 e. The summed E-state index contributed by atoms with van der Waals surface area (Å²) in [6.07, 6.45) is 2.23. The monoisotopic (exact) mass is 255 g/mol. The van der Waals surface area contributed by atoms with Crippen LogP contribution in [-0.2, 0) is 9.59 Å². The summed E-state index contributed by atoms with van der Waals surface area (Å²) in [6, 6.07) is -0.406.